The predicted molar refractivity (Wildman–Crippen MR) is 63.3 cm³/mol. The van der Waals surface area contributed by atoms with Crippen molar-refractivity contribution in [1.29, 1.82) is 0 Å². The van der Waals surface area contributed by atoms with Gasteiger partial charge in [0, 0.05) is 13.0 Å². The SMILES string of the molecule is O[C@@H]1CO[C@]2(O)CCON(Cc3ccccc3)[C@H]12. The number of aliphatic hydroxyl groups is 2. The number of hydroxylamine groups is 2. The molecule has 3 rings (SSSR count). The van der Waals surface area contributed by atoms with Gasteiger partial charge in [-0.1, -0.05) is 30.3 Å². The number of nitrogens with zero attached hydrogens (tertiary/aromatic N) is 1. The first kappa shape index (κ1) is 12.1. The minimum absolute atomic E-state index is 0.149. The van der Waals surface area contributed by atoms with Gasteiger partial charge in [-0.25, -0.2) is 0 Å². The van der Waals surface area contributed by atoms with Gasteiger partial charge in [0.05, 0.1) is 13.2 Å². The molecule has 98 valence electrons. The summed E-state index contributed by atoms with van der Waals surface area (Å²) < 4.78 is 5.31. The van der Waals surface area contributed by atoms with Crippen LogP contribution < -0.4 is 0 Å². The molecule has 0 radical (unpaired) electrons. The van der Waals surface area contributed by atoms with Crippen LogP contribution in [0.25, 0.3) is 0 Å². The van der Waals surface area contributed by atoms with E-state index in [1.54, 1.807) is 5.06 Å². The Balaban J connectivity index is 1.79. The number of hydrogen-bond acceptors (Lipinski definition) is 5. The average molecular weight is 251 g/mol. The van der Waals surface area contributed by atoms with Gasteiger partial charge in [0.2, 0.25) is 0 Å². The smallest absolute Gasteiger partial charge is 0.188 e. The lowest BCUT2D eigenvalue weighted by atomic mass is 9.99. The Morgan fingerprint density at radius 2 is 2.11 bits per heavy atom. The van der Waals surface area contributed by atoms with Gasteiger partial charge in [-0.05, 0) is 5.56 Å². The third kappa shape index (κ3) is 2.04. The van der Waals surface area contributed by atoms with Crippen molar-refractivity contribution in [2.24, 2.45) is 0 Å². The van der Waals surface area contributed by atoms with E-state index in [1.165, 1.54) is 0 Å². The van der Waals surface area contributed by atoms with Crippen LogP contribution in [0.4, 0.5) is 0 Å². The summed E-state index contributed by atoms with van der Waals surface area (Å²) >= 11 is 0. The molecule has 2 aliphatic rings. The molecule has 3 atom stereocenters. The molecule has 0 unspecified atom stereocenters. The number of ether oxygens (including phenoxy) is 1. The largest absolute Gasteiger partial charge is 0.389 e. The van der Waals surface area contributed by atoms with Gasteiger partial charge < -0.3 is 14.9 Å². The second kappa shape index (κ2) is 4.60. The number of benzene rings is 1. The molecule has 2 N–H and O–H groups in total. The van der Waals surface area contributed by atoms with Crippen molar-refractivity contribution in [3.05, 3.63) is 35.9 Å². The third-order valence-corrected chi connectivity index (χ3v) is 3.54. The molecule has 0 bridgehead atoms. The highest BCUT2D eigenvalue weighted by atomic mass is 16.7. The lowest BCUT2D eigenvalue weighted by molar-refractivity contribution is -0.323. The number of rotatable bonds is 2. The summed E-state index contributed by atoms with van der Waals surface area (Å²) in [5, 5.41) is 21.9. The average Bonchev–Trinajstić information content (AvgIpc) is 2.68. The lowest BCUT2D eigenvalue weighted by Crippen LogP contribution is -2.58. The second-order valence-electron chi connectivity index (χ2n) is 4.81. The fraction of sp³-hybridized carbons (Fsp3) is 0.538. The predicted octanol–water partition coefficient (Wildman–Crippen LogP) is 0.272. The van der Waals surface area contributed by atoms with Crippen molar-refractivity contribution in [3.63, 3.8) is 0 Å². The summed E-state index contributed by atoms with van der Waals surface area (Å²) in [5.74, 6) is -1.29. The fourth-order valence-corrected chi connectivity index (χ4v) is 2.64. The molecule has 1 aromatic rings. The Bertz CT molecular complexity index is 409. The molecule has 5 heteroatoms. The van der Waals surface area contributed by atoms with E-state index in [0.717, 1.165) is 5.56 Å². The van der Waals surface area contributed by atoms with E-state index < -0.39 is 17.9 Å². The molecule has 0 spiro atoms. The van der Waals surface area contributed by atoms with Gasteiger partial charge in [0.1, 0.15) is 12.1 Å². The summed E-state index contributed by atoms with van der Waals surface area (Å²) in [5.41, 5.74) is 1.07. The Labute approximate surface area is 106 Å². The van der Waals surface area contributed by atoms with Crippen LogP contribution in [-0.4, -0.2) is 46.4 Å². The summed E-state index contributed by atoms with van der Waals surface area (Å²) in [6.07, 6.45) is -0.334. The zero-order valence-electron chi connectivity index (χ0n) is 10.0. The van der Waals surface area contributed by atoms with Gasteiger partial charge >= 0.3 is 0 Å². The standard InChI is InChI=1S/C13H17NO4/c15-11-9-17-13(16)6-7-18-14(12(11)13)8-10-4-2-1-3-5-10/h1-5,11-12,15-16H,6-9H2/t11-,12-,13-/m1/s1. The topological polar surface area (TPSA) is 62.2 Å². The van der Waals surface area contributed by atoms with Crippen LogP contribution in [0.1, 0.15) is 12.0 Å². The molecule has 18 heavy (non-hydrogen) atoms. The maximum Gasteiger partial charge on any atom is 0.188 e. The Morgan fingerprint density at radius 3 is 2.89 bits per heavy atom. The molecule has 2 fully saturated rings. The maximum absolute atomic E-state index is 10.3. The molecule has 5 nitrogen and oxygen atoms in total. The van der Waals surface area contributed by atoms with Crippen molar-refractivity contribution < 1.29 is 19.8 Å². The van der Waals surface area contributed by atoms with Gasteiger partial charge in [-0.2, -0.15) is 5.06 Å². The molecule has 2 saturated heterocycles. The monoisotopic (exact) mass is 251 g/mol. The van der Waals surface area contributed by atoms with Crippen LogP contribution in [0, 0.1) is 0 Å². The fourth-order valence-electron chi connectivity index (χ4n) is 2.64. The van der Waals surface area contributed by atoms with Crippen LogP contribution in [0.2, 0.25) is 0 Å². The Kier molecular flexibility index (Phi) is 3.09. The van der Waals surface area contributed by atoms with Crippen LogP contribution in [0.3, 0.4) is 0 Å². The summed E-state index contributed by atoms with van der Waals surface area (Å²) in [4.78, 5) is 5.56. The Morgan fingerprint density at radius 1 is 1.33 bits per heavy atom. The van der Waals surface area contributed by atoms with Crippen LogP contribution >= 0.6 is 0 Å². The zero-order chi connectivity index (χ0) is 12.6. The van der Waals surface area contributed by atoms with Crippen molar-refractivity contribution in [2.45, 2.75) is 30.9 Å². The van der Waals surface area contributed by atoms with Crippen molar-refractivity contribution in [2.75, 3.05) is 13.2 Å². The van der Waals surface area contributed by atoms with Crippen molar-refractivity contribution in [3.8, 4) is 0 Å². The lowest BCUT2D eigenvalue weighted by Gasteiger charge is -2.41. The maximum atomic E-state index is 10.3. The zero-order valence-corrected chi connectivity index (χ0v) is 10.0. The first-order valence-electron chi connectivity index (χ1n) is 6.17. The summed E-state index contributed by atoms with van der Waals surface area (Å²) in [6.45, 7) is 1.07. The highest BCUT2D eigenvalue weighted by Crippen LogP contribution is 2.35. The molecular formula is C13H17NO4. The van der Waals surface area contributed by atoms with Gasteiger partial charge in [-0.15, -0.1) is 0 Å². The van der Waals surface area contributed by atoms with Crippen molar-refractivity contribution >= 4 is 0 Å². The van der Waals surface area contributed by atoms with Gasteiger partial charge in [-0.3, -0.25) is 4.84 Å². The highest BCUT2D eigenvalue weighted by Gasteiger charge is 2.54. The first-order chi connectivity index (χ1) is 8.69. The highest BCUT2D eigenvalue weighted by molar-refractivity contribution is 5.15. The van der Waals surface area contributed by atoms with E-state index in [9.17, 15) is 10.2 Å². The molecule has 2 aliphatic heterocycles. The molecule has 2 heterocycles. The Hall–Kier alpha value is -0.980. The van der Waals surface area contributed by atoms with Crippen LogP contribution in [-0.2, 0) is 16.1 Å². The molecule has 0 aromatic heterocycles. The quantitative estimate of drug-likeness (QED) is 0.790. The molecule has 1 aromatic carbocycles. The minimum Gasteiger partial charge on any atom is -0.389 e. The van der Waals surface area contributed by atoms with Crippen molar-refractivity contribution in [1.82, 2.24) is 5.06 Å². The molecule has 0 aliphatic carbocycles. The first-order valence-corrected chi connectivity index (χ1v) is 6.17. The van der Waals surface area contributed by atoms with Gasteiger partial charge in [0.25, 0.3) is 0 Å². The normalized spacial score (nSPS) is 36.6. The number of fused-ring (bicyclic) bond motifs is 1. The van der Waals surface area contributed by atoms with E-state index in [4.69, 9.17) is 9.57 Å². The van der Waals surface area contributed by atoms with E-state index in [2.05, 4.69) is 0 Å². The van der Waals surface area contributed by atoms with Gasteiger partial charge in [0.15, 0.2) is 5.79 Å². The second-order valence-corrected chi connectivity index (χ2v) is 4.81. The number of aliphatic hydroxyl groups excluding tert-OH is 1. The van der Waals surface area contributed by atoms with E-state index in [-0.39, 0.29) is 6.61 Å². The third-order valence-electron chi connectivity index (χ3n) is 3.54. The number of hydrogen-bond donors (Lipinski definition) is 2. The summed E-state index contributed by atoms with van der Waals surface area (Å²) in [7, 11) is 0. The van der Waals surface area contributed by atoms with E-state index in [1.807, 2.05) is 30.3 Å². The van der Waals surface area contributed by atoms with E-state index in [0.29, 0.717) is 19.6 Å². The molecule has 0 saturated carbocycles. The molecular weight excluding hydrogens is 234 g/mol. The molecule has 0 amide bonds. The summed E-state index contributed by atoms with van der Waals surface area (Å²) in [6, 6.07) is 9.30. The van der Waals surface area contributed by atoms with E-state index >= 15 is 0 Å². The van der Waals surface area contributed by atoms with Crippen LogP contribution in [0.15, 0.2) is 30.3 Å². The minimum atomic E-state index is -1.29. The van der Waals surface area contributed by atoms with Crippen LogP contribution in [0.5, 0.6) is 0 Å².